The van der Waals surface area contributed by atoms with E-state index < -0.39 is 0 Å². The van der Waals surface area contributed by atoms with Crippen LogP contribution in [-0.2, 0) is 0 Å². The lowest BCUT2D eigenvalue weighted by Gasteiger charge is -1.85. The zero-order valence-electron chi connectivity index (χ0n) is 4.06. The normalized spacial score (nSPS) is 9.43. The Kier molecular flexibility index (Phi) is 1.07. The summed E-state index contributed by atoms with van der Waals surface area (Å²) < 4.78 is 1.56. The summed E-state index contributed by atoms with van der Waals surface area (Å²) in [5, 5.41) is 0. The predicted molar refractivity (Wildman–Crippen MR) is 30.4 cm³/mol. The number of hydrogen-bond donors (Lipinski definition) is 0. The van der Waals surface area contributed by atoms with Gasteiger partial charge in [0.1, 0.15) is 0 Å². The Labute approximate surface area is 47.6 Å². The molecule has 38 valence electrons. The average molecular weight is 116 g/mol. The van der Waals surface area contributed by atoms with Crippen molar-refractivity contribution in [3.05, 3.63) is 24.0 Å². The van der Waals surface area contributed by atoms with E-state index in [0.29, 0.717) is 0 Å². The van der Waals surface area contributed by atoms with Gasteiger partial charge in [0.15, 0.2) is 0 Å². The van der Waals surface area contributed by atoms with Gasteiger partial charge in [-0.15, -0.1) is 0 Å². The first-order valence-electron chi connectivity index (χ1n) is 2.11. The van der Waals surface area contributed by atoms with Crippen LogP contribution in [0.5, 0.6) is 0 Å². The molecular formula is C5H6ClN. The maximum atomic E-state index is 5.54. The Bertz CT molecular complexity index is 140. The highest BCUT2D eigenvalue weighted by molar-refractivity contribution is 6.15. The lowest BCUT2D eigenvalue weighted by Crippen LogP contribution is -1.75. The molecule has 0 atom stereocenters. The maximum Gasteiger partial charge on any atom is 0.0318 e. The van der Waals surface area contributed by atoms with Crippen LogP contribution in [0.2, 0.25) is 0 Å². The van der Waals surface area contributed by atoms with E-state index in [9.17, 15) is 0 Å². The third kappa shape index (κ3) is 0.775. The topological polar surface area (TPSA) is 4.93 Å². The molecule has 1 heterocycles. The van der Waals surface area contributed by atoms with Gasteiger partial charge in [0.05, 0.1) is 0 Å². The second-order valence-electron chi connectivity index (χ2n) is 1.46. The summed E-state index contributed by atoms with van der Waals surface area (Å²) in [5.41, 5.74) is 1.07. The first-order valence-corrected chi connectivity index (χ1v) is 2.44. The SMILES string of the molecule is Cc1cccn1Cl. The van der Waals surface area contributed by atoms with Gasteiger partial charge in [-0.2, -0.15) is 0 Å². The smallest absolute Gasteiger partial charge is 0.0318 e. The number of aryl methyl sites for hydroxylation is 1. The van der Waals surface area contributed by atoms with Crippen LogP contribution in [0.15, 0.2) is 18.3 Å². The van der Waals surface area contributed by atoms with Gasteiger partial charge in [0.25, 0.3) is 0 Å². The third-order valence-corrected chi connectivity index (χ3v) is 1.27. The summed E-state index contributed by atoms with van der Waals surface area (Å²) >= 11 is 5.54. The summed E-state index contributed by atoms with van der Waals surface area (Å²) in [6, 6.07) is 3.86. The molecule has 0 radical (unpaired) electrons. The van der Waals surface area contributed by atoms with Crippen LogP contribution in [0.3, 0.4) is 0 Å². The van der Waals surface area contributed by atoms with Gasteiger partial charge >= 0.3 is 0 Å². The minimum atomic E-state index is 1.07. The van der Waals surface area contributed by atoms with E-state index in [-0.39, 0.29) is 0 Å². The number of nitrogens with zero attached hydrogens (tertiary/aromatic N) is 1. The van der Waals surface area contributed by atoms with Gasteiger partial charge in [0.2, 0.25) is 0 Å². The van der Waals surface area contributed by atoms with Crippen LogP contribution in [-0.4, -0.2) is 4.09 Å². The zero-order chi connectivity index (χ0) is 5.28. The molecule has 0 aliphatic heterocycles. The fourth-order valence-corrected chi connectivity index (χ4v) is 0.568. The molecule has 1 aromatic rings. The van der Waals surface area contributed by atoms with E-state index in [0.717, 1.165) is 5.69 Å². The van der Waals surface area contributed by atoms with E-state index in [1.54, 1.807) is 10.3 Å². The van der Waals surface area contributed by atoms with Gasteiger partial charge in [-0.1, -0.05) is 0 Å². The van der Waals surface area contributed by atoms with E-state index >= 15 is 0 Å². The Hall–Kier alpha value is -0.430. The van der Waals surface area contributed by atoms with Crippen LogP contribution in [0.25, 0.3) is 0 Å². The molecule has 7 heavy (non-hydrogen) atoms. The lowest BCUT2D eigenvalue weighted by atomic mass is 10.5. The van der Waals surface area contributed by atoms with Crippen LogP contribution < -0.4 is 0 Å². The average Bonchev–Trinajstić information content (AvgIpc) is 1.91. The highest BCUT2D eigenvalue weighted by Crippen LogP contribution is 1.99. The Balaban J connectivity index is 3.12. The summed E-state index contributed by atoms with van der Waals surface area (Å²) in [6.07, 6.45) is 1.80. The second kappa shape index (κ2) is 1.58. The molecule has 0 amide bonds. The lowest BCUT2D eigenvalue weighted by molar-refractivity contribution is 1.16. The number of hydrogen-bond acceptors (Lipinski definition) is 0. The van der Waals surface area contributed by atoms with E-state index in [1.807, 2.05) is 19.1 Å². The number of aromatic nitrogens is 1. The van der Waals surface area contributed by atoms with E-state index in [4.69, 9.17) is 11.8 Å². The fraction of sp³-hybridized carbons (Fsp3) is 0.200. The molecule has 0 saturated carbocycles. The van der Waals surface area contributed by atoms with Crippen molar-refractivity contribution in [2.24, 2.45) is 0 Å². The van der Waals surface area contributed by atoms with Crippen molar-refractivity contribution in [3.8, 4) is 0 Å². The van der Waals surface area contributed by atoms with Crippen molar-refractivity contribution < 1.29 is 0 Å². The Morgan fingerprint density at radius 3 is 2.57 bits per heavy atom. The molecule has 1 rings (SSSR count). The van der Waals surface area contributed by atoms with Crippen molar-refractivity contribution in [3.63, 3.8) is 0 Å². The molecule has 1 aromatic heterocycles. The van der Waals surface area contributed by atoms with Crippen LogP contribution in [0.4, 0.5) is 0 Å². The largest absolute Gasteiger partial charge is 0.265 e. The standard InChI is InChI=1S/C5H6ClN/c1-5-3-2-4-7(5)6/h2-4H,1H3. The van der Waals surface area contributed by atoms with Gasteiger partial charge in [-0.25, -0.2) is 0 Å². The highest BCUT2D eigenvalue weighted by Gasteiger charge is 1.84. The van der Waals surface area contributed by atoms with Gasteiger partial charge in [-0.3, -0.25) is 4.09 Å². The fourth-order valence-electron chi connectivity index (χ4n) is 0.447. The van der Waals surface area contributed by atoms with Crippen molar-refractivity contribution in [1.29, 1.82) is 0 Å². The number of halogens is 1. The molecule has 0 spiro atoms. The minimum Gasteiger partial charge on any atom is -0.265 e. The zero-order valence-corrected chi connectivity index (χ0v) is 4.81. The van der Waals surface area contributed by atoms with Crippen LogP contribution in [0.1, 0.15) is 5.69 Å². The monoisotopic (exact) mass is 115 g/mol. The minimum absolute atomic E-state index is 1.07. The Morgan fingerprint density at radius 1 is 1.71 bits per heavy atom. The molecule has 0 unspecified atom stereocenters. The summed E-state index contributed by atoms with van der Waals surface area (Å²) in [6.45, 7) is 1.95. The maximum absolute atomic E-state index is 5.54. The summed E-state index contributed by atoms with van der Waals surface area (Å²) in [4.78, 5) is 0. The predicted octanol–water partition coefficient (Wildman–Crippen LogP) is 1.80. The highest BCUT2D eigenvalue weighted by atomic mass is 35.5. The molecule has 0 aromatic carbocycles. The first-order chi connectivity index (χ1) is 3.30. The molecule has 0 fully saturated rings. The molecule has 0 aliphatic rings. The second-order valence-corrected chi connectivity index (χ2v) is 1.82. The third-order valence-electron chi connectivity index (χ3n) is 0.891. The number of rotatable bonds is 0. The Morgan fingerprint density at radius 2 is 2.43 bits per heavy atom. The molecule has 2 heteroatoms. The molecule has 0 N–H and O–H groups in total. The van der Waals surface area contributed by atoms with Gasteiger partial charge < -0.3 is 0 Å². The van der Waals surface area contributed by atoms with E-state index in [1.165, 1.54) is 0 Å². The molecule has 0 saturated heterocycles. The quantitative estimate of drug-likeness (QED) is 0.486. The van der Waals surface area contributed by atoms with Crippen molar-refractivity contribution in [1.82, 2.24) is 4.09 Å². The molecule has 0 bridgehead atoms. The molecule has 1 nitrogen and oxygen atoms in total. The van der Waals surface area contributed by atoms with Crippen molar-refractivity contribution >= 4 is 11.8 Å². The van der Waals surface area contributed by atoms with Crippen LogP contribution >= 0.6 is 11.8 Å². The van der Waals surface area contributed by atoms with Gasteiger partial charge in [0, 0.05) is 23.7 Å². The van der Waals surface area contributed by atoms with Crippen LogP contribution in [0, 0.1) is 6.92 Å². The molecular weight excluding hydrogens is 110 g/mol. The summed E-state index contributed by atoms with van der Waals surface area (Å²) in [7, 11) is 0. The first kappa shape index (κ1) is 4.72. The van der Waals surface area contributed by atoms with Crippen molar-refractivity contribution in [2.45, 2.75) is 6.92 Å². The summed E-state index contributed by atoms with van der Waals surface area (Å²) in [5.74, 6) is 0. The molecule has 0 aliphatic carbocycles. The van der Waals surface area contributed by atoms with Crippen molar-refractivity contribution in [2.75, 3.05) is 0 Å². The van der Waals surface area contributed by atoms with E-state index in [2.05, 4.69) is 0 Å². The van der Waals surface area contributed by atoms with Gasteiger partial charge in [-0.05, 0) is 19.1 Å².